The van der Waals surface area contributed by atoms with Gasteiger partial charge in [-0.1, -0.05) is 0 Å². The van der Waals surface area contributed by atoms with Crippen molar-refractivity contribution >= 4 is 11.6 Å². The third kappa shape index (κ3) is 2.87. The number of hydrogen-bond donors (Lipinski definition) is 1. The van der Waals surface area contributed by atoms with Crippen molar-refractivity contribution in [2.24, 2.45) is 0 Å². The normalized spacial score (nSPS) is 24.7. The molecule has 2 atom stereocenters. The summed E-state index contributed by atoms with van der Waals surface area (Å²) in [6.07, 6.45) is 3.01. The summed E-state index contributed by atoms with van der Waals surface area (Å²) in [4.78, 5) is 24.2. The zero-order chi connectivity index (χ0) is 15.0. The van der Waals surface area contributed by atoms with Gasteiger partial charge in [0.15, 0.2) is 0 Å². The van der Waals surface area contributed by atoms with E-state index in [1.54, 1.807) is 4.90 Å². The Morgan fingerprint density at radius 3 is 2.81 bits per heavy atom. The molecule has 0 radical (unpaired) electrons. The summed E-state index contributed by atoms with van der Waals surface area (Å²) in [5.74, 6) is -1.10. The molecule has 1 aromatic rings. The van der Waals surface area contributed by atoms with Crippen LogP contribution in [0.2, 0.25) is 0 Å². The molecule has 1 amide bonds. The molecule has 0 saturated carbocycles. The number of fused-ring (bicyclic) bond motifs is 2. The first-order valence-corrected chi connectivity index (χ1v) is 7.03. The van der Waals surface area contributed by atoms with E-state index in [0.29, 0.717) is 19.1 Å². The summed E-state index contributed by atoms with van der Waals surface area (Å²) < 4.78 is 13.5. The van der Waals surface area contributed by atoms with E-state index in [-0.39, 0.29) is 17.5 Å². The van der Waals surface area contributed by atoms with Gasteiger partial charge in [-0.2, -0.15) is 0 Å². The van der Waals surface area contributed by atoms with Gasteiger partial charge in [-0.15, -0.1) is 0 Å². The lowest BCUT2D eigenvalue weighted by Crippen LogP contribution is -2.39. The summed E-state index contributed by atoms with van der Waals surface area (Å²) >= 11 is 0. The predicted octanol–water partition coefficient (Wildman–Crippen LogP) is 1.70. The molecule has 2 saturated heterocycles. The van der Waals surface area contributed by atoms with Gasteiger partial charge in [0.1, 0.15) is 5.82 Å². The van der Waals surface area contributed by atoms with Crippen LogP contribution in [0.4, 0.5) is 10.1 Å². The molecule has 0 aliphatic carbocycles. The Kier molecular flexibility index (Phi) is 3.59. The van der Waals surface area contributed by atoms with Crippen LogP contribution < -0.4 is 5.32 Å². The zero-order valence-electron chi connectivity index (χ0n) is 11.4. The second kappa shape index (κ2) is 5.40. The molecule has 2 fully saturated rings. The van der Waals surface area contributed by atoms with Gasteiger partial charge < -0.3 is 10.2 Å². The number of halogens is 1. The molecule has 2 aliphatic rings. The lowest BCUT2D eigenvalue weighted by atomic mass is 10.1. The van der Waals surface area contributed by atoms with E-state index >= 15 is 0 Å². The second-order valence-corrected chi connectivity index (χ2v) is 5.63. The molecule has 6 nitrogen and oxygen atoms in total. The lowest BCUT2D eigenvalue weighted by Gasteiger charge is -2.24. The van der Waals surface area contributed by atoms with Crippen LogP contribution in [0.25, 0.3) is 0 Å². The van der Waals surface area contributed by atoms with Crippen LogP contribution in [-0.4, -0.2) is 40.9 Å². The lowest BCUT2D eigenvalue weighted by molar-refractivity contribution is -0.385. The largest absolute Gasteiger partial charge is 0.337 e. The van der Waals surface area contributed by atoms with Gasteiger partial charge in [-0.05, 0) is 25.3 Å². The highest BCUT2D eigenvalue weighted by molar-refractivity contribution is 5.95. The number of rotatable bonds is 2. The van der Waals surface area contributed by atoms with E-state index in [2.05, 4.69) is 5.32 Å². The molecule has 2 bridgehead atoms. The van der Waals surface area contributed by atoms with E-state index in [0.717, 1.165) is 37.5 Å². The standard InChI is InChI=1S/C14H16FN3O3/c15-10-5-9(6-13(7-10)18(20)21)14(19)17-4-3-11-1-2-12(8-17)16-11/h5-7,11-12,16H,1-4,8H2. The van der Waals surface area contributed by atoms with Gasteiger partial charge in [0, 0.05) is 36.8 Å². The average molecular weight is 293 g/mol. The zero-order valence-corrected chi connectivity index (χ0v) is 11.4. The van der Waals surface area contributed by atoms with Crippen molar-refractivity contribution in [1.82, 2.24) is 10.2 Å². The Morgan fingerprint density at radius 1 is 1.29 bits per heavy atom. The fourth-order valence-electron chi connectivity index (χ4n) is 3.11. The number of amides is 1. The molecule has 2 aliphatic heterocycles. The average Bonchev–Trinajstić information content (AvgIpc) is 2.77. The quantitative estimate of drug-likeness (QED) is 0.665. The minimum Gasteiger partial charge on any atom is -0.337 e. The minimum atomic E-state index is -0.762. The maximum absolute atomic E-state index is 13.5. The Labute approximate surface area is 121 Å². The molecule has 21 heavy (non-hydrogen) atoms. The van der Waals surface area contributed by atoms with Crippen molar-refractivity contribution in [3.63, 3.8) is 0 Å². The molecule has 2 unspecified atom stereocenters. The van der Waals surface area contributed by atoms with Gasteiger partial charge in [-0.3, -0.25) is 14.9 Å². The fourth-order valence-corrected chi connectivity index (χ4v) is 3.11. The molecule has 1 N–H and O–H groups in total. The first kappa shape index (κ1) is 13.9. The number of nitrogens with zero attached hydrogens (tertiary/aromatic N) is 2. The van der Waals surface area contributed by atoms with E-state index in [1.165, 1.54) is 0 Å². The van der Waals surface area contributed by atoms with Crippen molar-refractivity contribution in [3.05, 3.63) is 39.7 Å². The van der Waals surface area contributed by atoms with Gasteiger partial charge in [0.05, 0.1) is 11.0 Å². The van der Waals surface area contributed by atoms with Crippen LogP contribution in [0.5, 0.6) is 0 Å². The van der Waals surface area contributed by atoms with Crippen LogP contribution in [0.1, 0.15) is 29.6 Å². The van der Waals surface area contributed by atoms with Crippen molar-refractivity contribution < 1.29 is 14.1 Å². The maximum atomic E-state index is 13.5. The molecule has 3 rings (SSSR count). The van der Waals surface area contributed by atoms with Gasteiger partial charge >= 0.3 is 0 Å². The van der Waals surface area contributed by atoms with Crippen LogP contribution >= 0.6 is 0 Å². The molecule has 0 aromatic heterocycles. The third-order valence-electron chi connectivity index (χ3n) is 4.15. The highest BCUT2D eigenvalue weighted by atomic mass is 19.1. The van der Waals surface area contributed by atoms with E-state index in [9.17, 15) is 19.3 Å². The molecule has 7 heteroatoms. The number of likely N-dealkylation sites (tertiary alicyclic amines) is 1. The SMILES string of the molecule is O=C(c1cc(F)cc([N+](=O)[O-])c1)N1CCC2CCC(C1)N2. The van der Waals surface area contributed by atoms with E-state index in [4.69, 9.17) is 0 Å². The van der Waals surface area contributed by atoms with Crippen molar-refractivity contribution in [3.8, 4) is 0 Å². The Hall–Kier alpha value is -2.02. The smallest absolute Gasteiger partial charge is 0.273 e. The number of non-ortho nitro benzene ring substituents is 1. The summed E-state index contributed by atoms with van der Waals surface area (Å²) in [7, 11) is 0. The number of benzene rings is 1. The first-order chi connectivity index (χ1) is 10.0. The molecule has 2 heterocycles. The van der Waals surface area contributed by atoms with E-state index < -0.39 is 16.4 Å². The molecule has 0 spiro atoms. The summed E-state index contributed by atoms with van der Waals surface area (Å²) in [5, 5.41) is 14.2. The highest BCUT2D eigenvalue weighted by Crippen LogP contribution is 2.23. The molecule has 1 aromatic carbocycles. The maximum Gasteiger partial charge on any atom is 0.273 e. The Bertz CT molecular complexity index is 593. The second-order valence-electron chi connectivity index (χ2n) is 5.63. The monoisotopic (exact) mass is 293 g/mol. The topological polar surface area (TPSA) is 75.5 Å². The number of carbonyl (C=O) groups excluding carboxylic acids is 1. The first-order valence-electron chi connectivity index (χ1n) is 7.03. The van der Waals surface area contributed by atoms with Crippen molar-refractivity contribution in [2.75, 3.05) is 13.1 Å². The highest BCUT2D eigenvalue weighted by Gasteiger charge is 2.31. The van der Waals surface area contributed by atoms with E-state index in [1.807, 2.05) is 0 Å². The third-order valence-corrected chi connectivity index (χ3v) is 4.15. The van der Waals surface area contributed by atoms with Gasteiger partial charge in [0.25, 0.3) is 11.6 Å². The van der Waals surface area contributed by atoms with Crippen LogP contribution in [-0.2, 0) is 0 Å². The molecule has 112 valence electrons. The summed E-state index contributed by atoms with van der Waals surface area (Å²) in [6, 6.07) is 3.73. The minimum absolute atomic E-state index is 0.0412. The number of carbonyl (C=O) groups is 1. The summed E-state index contributed by atoms with van der Waals surface area (Å²) in [5.41, 5.74) is -0.354. The molecular weight excluding hydrogens is 277 g/mol. The van der Waals surface area contributed by atoms with Crippen molar-refractivity contribution in [2.45, 2.75) is 31.3 Å². The van der Waals surface area contributed by atoms with Gasteiger partial charge in [-0.25, -0.2) is 4.39 Å². The number of nitro benzene ring substituents is 1. The number of nitro groups is 1. The predicted molar refractivity (Wildman–Crippen MR) is 73.5 cm³/mol. The van der Waals surface area contributed by atoms with Crippen LogP contribution in [0, 0.1) is 15.9 Å². The Morgan fingerprint density at radius 2 is 2.05 bits per heavy atom. The van der Waals surface area contributed by atoms with Crippen molar-refractivity contribution in [1.29, 1.82) is 0 Å². The number of hydrogen-bond acceptors (Lipinski definition) is 4. The number of nitrogens with one attached hydrogen (secondary N) is 1. The van der Waals surface area contributed by atoms with Crippen LogP contribution in [0.3, 0.4) is 0 Å². The molecular formula is C14H16FN3O3. The summed E-state index contributed by atoms with van der Waals surface area (Å²) in [6.45, 7) is 1.16. The van der Waals surface area contributed by atoms with Crippen LogP contribution in [0.15, 0.2) is 18.2 Å². The fraction of sp³-hybridized carbons (Fsp3) is 0.500. The Balaban J connectivity index is 1.83. The van der Waals surface area contributed by atoms with Gasteiger partial charge in [0.2, 0.25) is 0 Å².